The molecule has 0 bridgehead atoms. The molecule has 1 aliphatic heterocycles. The lowest BCUT2D eigenvalue weighted by atomic mass is 10.1. The van der Waals surface area contributed by atoms with Gasteiger partial charge in [-0.1, -0.05) is 6.07 Å². The lowest BCUT2D eigenvalue weighted by Crippen LogP contribution is -2.38. The molecule has 1 aliphatic rings. The molecule has 1 heterocycles. The maximum atomic E-state index is 5.68. The summed E-state index contributed by atoms with van der Waals surface area (Å²) < 4.78 is 5.68. The summed E-state index contributed by atoms with van der Waals surface area (Å²) in [5.74, 6) is 0.970. The van der Waals surface area contributed by atoms with Gasteiger partial charge in [-0.3, -0.25) is 0 Å². The standard InChI is InChI=1S/C14H22N2O/c1-3-17-14-9-11(2)6-7-13(14)16-12-5-4-8-15-10-12/h6-7,9,12,15-16H,3-5,8,10H2,1-2H3. The molecule has 0 aromatic heterocycles. The molecule has 94 valence electrons. The quantitative estimate of drug-likeness (QED) is 0.840. The molecule has 2 rings (SSSR count). The molecule has 3 nitrogen and oxygen atoms in total. The number of rotatable bonds is 4. The van der Waals surface area contributed by atoms with E-state index >= 15 is 0 Å². The summed E-state index contributed by atoms with van der Waals surface area (Å²) in [4.78, 5) is 0. The summed E-state index contributed by atoms with van der Waals surface area (Å²) in [6, 6.07) is 6.86. The Hall–Kier alpha value is -1.22. The van der Waals surface area contributed by atoms with Crippen LogP contribution in [0.1, 0.15) is 25.3 Å². The van der Waals surface area contributed by atoms with Gasteiger partial charge in [-0.05, 0) is 50.9 Å². The van der Waals surface area contributed by atoms with Crippen molar-refractivity contribution in [1.29, 1.82) is 0 Å². The second-order valence-electron chi connectivity index (χ2n) is 4.62. The van der Waals surface area contributed by atoms with Crippen LogP contribution < -0.4 is 15.4 Å². The lowest BCUT2D eigenvalue weighted by Gasteiger charge is -2.26. The van der Waals surface area contributed by atoms with E-state index in [2.05, 4.69) is 35.8 Å². The molecule has 0 radical (unpaired) electrons. The smallest absolute Gasteiger partial charge is 0.142 e. The molecular formula is C14H22N2O. The number of aryl methyl sites for hydroxylation is 1. The fourth-order valence-corrected chi connectivity index (χ4v) is 2.22. The number of anilines is 1. The predicted octanol–water partition coefficient (Wildman–Crippen LogP) is 2.56. The van der Waals surface area contributed by atoms with Crippen LogP contribution >= 0.6 is 0 Å². The van der Waals surface area contributed by atoms with E-state index in [0.29, 0.717) is 12.6 Å². The van der Waals surface area contributed by atoms with Gasteiger partial charge < -0.3 is 15.4 Å². The highest BCUT2D eigenvalue weighted by Crippen LogP contribution is 2.27. The number of piperidine rings is 1. The van der Waals surface area contributed by atoms with Crippen LogP contribution in [0.4, 0.5) is 5.69 Å². The van der Waals surface area contributed by atoms with Gasteiger partial charge in [0.05, 0.1) is 12.3 Å². The molecule has 1 aromatic rings. The third-order valence-corrected chi connectivity index (χ3v) is 3.09. The van der Waals surface area contributed by atoms with Crippen LogP contribution in [-0.2, 0) is 0 Å². The molecule has 1 aromatic carbocycles. The van der Waals surface area contributed by atoms with Crippen LogP contribution in [0.2, 0.25) is 0 Å². The Balaban J connectivity index is 2.07. The third kappa shape index (κ3) is 3.37. The Labute approximate surface area is 104 Å². The van der Waals surface area contributed by atoms with Crippen molar-refractivity contribution in [2.24, 2.45) is 0 Å². The van der Waals surface area contributed by atoms with Crippen LogP contribution in [0.3, 0.4) is 0 Å². The predicted molar refractivity (Wildman–Crippen MR) is 71.9 cm³/mol. The van der Waals surface area contributed by atoms with Crippen molar-refractivity contribution in [2.75, 3.05) is 25.0 Å². The molecule has 0 spiro atoms. The van der Waals surface area contributed by atoms with Crippen molar-refractivity contribution in [3.63, 3.8) is 0 Å². The van der Waals surface area contributed by atoms with Crippen LogP contribution in [0.5, 0.6) is 5.75 Å². The molecule has 1 unspecified atom stereocenters. The summed E-state index contributed by atoms with van der Waals surface area (Å²) in [5, 5.41) is 6.99. The fraction of sp³-hybridized carbons (Fsp3) is 0.571. The minimum absolute atomic E-state index is 0.519. The molecule has 17 heavy (non-hydrogen) atoms. The summed E-state index contributed by atoms with van der Waals surface area (Å²) >= 11 is 0. The highest BCUT2D eigenvalue weighted by Gasteiger charge is 2.14. The second kappa shape index (κ2) is 5.92. The minimum Gasteiger partial charge on any atom is -0.492 e. The maximum Gasteiger partial charge on any atom is 0.142 e. The molecule has 3 heteroatoms. The summed E-state index contributed by atoms with van der Waals surface area (Å²) in [7, 11) is 0. The number of benzene rings is 1. The Morgan fingerprint density at radius 2 is 2.35 bits per heavy atom. The molecule has 1 fully saturated rings. The van der Waals surface area contributed by atoms with Crippen LogP contribution in [0.25, 0.3) is 0 Å². The molecule has 0 amide bonds. The van der Waals surface area contributed by atoms with E-state index in [1.54, 1.807) is 0 Å². The summed E-state index contributed by atoms with van der Waals surface area (Å²) in [6.07, 6.45) is 2.47. The van der Waals surface area contributed by atoms with Crippen molar-refractivity contribution in [2.45, 2.75) is 32.7 Å². The van der Waals surface area contributed by atoms with E-state index in [1.807, 2.05) is 6.92 Å². The zero-order chi connectivity index (χ0) is 12.1. The zero-order valence-corrected chi connectivity index (χ0v) is 10.8. The zero-order valence-electron chi connectivity index (χ0n) is 10.8. The van der Waals surface area contributed by atoms with E-state index in [-0.39, 0.29) is 0 Å². The number of hydrogen-bond acceptors (Lipinski definition) is 3. The van der Waals surface area contributed by atoms with E-state index in [1.165, 1.54) is 18.4 Å². The first-order valence-electron chi connectivity index (χ1n) is 6.50. The molecule has 2 N–H and O–H groups in total. The van der Waals surface area contributed by atoms with E-state index in [4.69, 9.17) is 4.74 Å². The third-order valence-electron chi connectivity index (χ3n) is 3.09. The van der Waals surface area contributed by atoms with E-state index in [0.717, 1.165) is 24.5 Å². The minimum atomic E-state index is 0.519. The van der Waals surface area contributed by atoms with Gasteiger partial charge in [-0.15, -0.1) is 0 Å². The van der Waals surface area contributed by atoms with Crippen LogP contribution in [0.15, 0.2) is 18.2 Å². The van der Waals surface area contributed by atoms with Crippen LogP contribution in [0, 0.1) is 6.92 Å². The Bertz CT molecular complexity index is 359. The normalized spacial score (nSPS) is 20.0. The average molecular weight is 234 g/mol. The van der Waals surface area contributed by atoms with Gasteiger partial charge in [0.25, 0.3) is 0 Å². The van der Waals surface area contributed by atoms with Crippen molar-refractivity contribution >= 4 is 5.69 Å². The fourth-order valence-electron chi connectivity index (χ4n) is 2.22. The average Bonchev–Trinajstić information content (AvgIpc) is 2.34. The van der Waals surface area contributed by atoms with Gasteiger partial charge in [-0.25, -0.2) is 0 Å². The molecule has 0 aliphatic carbocycles. The van der Waals surface area contributed by atoms with Crippen molar-refractivity contribution in [1.82, 2.24) is 5.32 Å². The Morgan fingerprint density at radius 1 is 1.47 bits per heavy atom. The highest BCUT2D eigenvalue weighted by atomic mass is 16.5. The topological polar surface area (TPSA) is 33.3 Å². The van der Waals surface area contributed by atoms with Gasteiger partial charge in [0, 0.05) is 12.6 Å². The van der Waals surface area contributed by atoms with Gasteiger partial charge in [-0.2, -0.15) is 0 Å². The van der Waals surface area contributed by atoms with Crippen molar-refractivity contribution in [3.05, 3.63) is 23.8 Å². The molecule has 0 saturated carbocycles. The highest BCUT2D eigenvalue weighted by molar-refractivity contribution is 5.58. The largest absolute Gasteiger partial charge is 0.492 e. The number of hydrogen-bond donors (Lipinski definition) is 2. The Kier molecular flexibility index (Phi) is 4.26. The molecular weight excluding hydrogens is 212 g/mol. The lowest BCUT2D eigenvalue weighted by molar-refractivity contribution is 0.340. The summed E-state index contributed by atoms with van der Waals surface area (Å²) in [6.45, 7) is 7.01. The van der Waals surface area contributed by atoms with Crippen molar-refractivity contribution < 1.29 is 4.74 Å². The van der Waals surface area contributed by atoms with E-state index in [9.17, 15) is 0 Å². The van der Waals surface area contributed by atoms with Gasteiger partial charge >= 0.3 is 0 Å². The number of nitrogens with one attached hydrogen (secondary N) is 2. The maximum absolute atomic E-state index is 5.68. The van der Waals surface area contributed by atoms with Gasteiger partial charge in [0.2, 0.25) is 0 Å². The first kappa shape index (κ1) is 12.2. The molecule has 1 saturated heterocycles. The summed E-state index contributed by atoms with van der Waals surface area (Å²) in [5.41, 5.74) is 2.35. The van der Waals surface area contributed by atoms with Crippen molar-refractivity contribution in [3.8, 4) is 5.75 Å². The van der Waals surface area contributed by atoms with Gasteiger partial charge in [0.1, 0.15) is 5.75 Å². The van der Waals surface area contributed by atoms with Gasteiger partial charge in [0.15, 0.2) is 0 Å². The first-order chi connectivity index (χ1) is 8.29. The SMILES string of the molecule is CCOc1cc(C)ccc1NC1CCCNC1. The van der Waals surface area contributed by atoms with Crippen LogP contribution in [-0.4, -0.2) is 25.7 Å². The first-order valence-corrected chi connectivity index (χ1v) is 6.50. The second-order valence-corrected chi connectivity index (χ2v) is 4.62. The number of ether oxygens (including phenoxy) is 1. The Morgan fingerprint density at radius 3 is 3.06 bits per heavy atom. The van der Waals surface area contributed by atoms with E-state index < -0.39 is 0 Å². The monoisotopic (exact) mass is 234 g/mol. The molecule has 1 atom stereocenters.